The van der Waals surface area contributed by atoms with Gasteiger partial charge in [-0.3, -0.25) is 0 Å². The summed E-state index contributed by atoms with van der Waals surface area (Å²) in [4.78, 5) is 0. The molecule has 0 radical (unpaired) electrons. The monoisotopic (exact) mass is 166 g/mol. The van der Waals surface area contributed by atoms with Crippen molar-refractivity contribution in [3.63, 3.8) is 0 Å². The van der Waals surface area contributed by atoms with Gasteiger partial charge in [-0.15, -0.1) is 0 Å². The van der Waals surface area contributed by atoms with Crippen LogP contribution in [-0.4, -0.2) is 11.4 Å². The van der Waals surface area contributed by atoms with Crippen LogP contribution in [0, 0.1) is 22.7 Å². The molecule has 0 aliphatic rings. The molecule has 0 atom stereocenters. The summed E-state index contributed by atoms with van der Waals surface area (Å²) in [6.07, 6.45) is 3.43. The Morgan fingerprint density at radius 3 is 1.25 bits per heavy atom. The summed E-state index contributed by atoms with van der Waals surface area (Å²) in [7, 11) is 0. The summed E-state index contributed by atoms with van der Waals surface area (Å²) < 4.78 is 0. The molecular weight excluding hydrogens is 148 g/mol. The Hall–Kier alpha value is -0.920. The van der Waals surface area contributed by atoms with Gasteiger partial charge in [0.2, 0.25) is 0 Å². The fourth-order valence-corrected chi connectivity index (χ4v) is 0.564. The topological polar surface area (TPSA) is 47.7 Å². The van der Waals surface area contributed by atoms with Crippen molar-refractivity contribution in [3.8, 4) is 0 Å². The fourth-order valence-electron chi connectivity index (χ4n) is 0.564. The first kappa shape index (κ1) is 11.1. The molecule has 0 rings (SSSR count). The van der Waals surface area contributed by atoms with Gasteiger partial charge in [0.1, 0.15) is 0 Å². The Labute approximate surface area is 74.7 Å². The van der Waals surface area contributed by atoms with Crippen LogP contribution in [0.5, 0.6) is 0 Å². The van der Waals surface area contributed by atoms with Crippen LogP contribution in [0.15, 0.2) is 12.2 Å². The van der Waals surface area contributed by atoms with Crippen LogP contribution in [0.4, 0.5) is 0 Å². The minimum atomic E-state index is 0.251. The van der Waals surface area contributed by atoms with Gasteiger partial charge in [0.05, 0.1) is 0 Å². The van der Waals surface area contributed by atoms with Gasteiger partial charge in [0, 0.05) is 11.4 Å². The SMILES string of the molecule is CC(C)C(=N)/C=C\C(=N)C(C)C. The lowest BCUT2D eigenvalue weighted by molar-refractivity contribution is 0.876. The molecule has 2 nitrogen and oxygen atoms in total. The van der Waals surface area contributed by atoms with Gasteiger partial charge in [-0.05, 0) is 24.0 Å². The fraction of sp³-hybridized carbons (Fsp3) is 0.600. The van der Waals surface area contributed by atoms with Crippen LogP contribution in [0.3, 0.4) is 0 Å². The number of hydrogen-bond donors (Lipinski definition) is 2. The van der Waals surface area contributed by atoms with Crippen molar-refractivity contribution >= 4 is 11.4 Å². The van der Waals surface area contributed by atoms with Crippen LogP contribution in [0.1, 0.15) is 27.7 Å². The second-order valence-electron chi connectivity index (χ2n) is 3.55. The third-order valence-corrected chi connectivity index (χ3v) is 1.69. The van der Waals surface area contributed by atoms with E-state index in [-0.39, 0.29) is 11.8 Å². The molecule has 0 amide bonds. The van der Waals surface area contributed by atoms with Crippen molar-refractivity contribution in [3.05, 3.63) is 12.2 Å². The highest BCUT2D eigenvalue weighted by molar-refractivity contribution is 6.02. The molecule has 0 aromatic rings. The van der Waals surface area contributed by atoms with E-state index in [9.17, 15) is 0 Å². The quantitative estimate of drug-likeness (QED) is 0.603. The summed E-state index contributed by atoms with van der Waals surface area (Å²) in [5.74, 6) is 0.502. The maximum atomic E-state index is 7.49. The zero-order valence-corrected chi connectivity index (χ0v) is 8.31. The van der Waals surface area contributed by atoms with Gasteiger partial charge < -0.3 is 10.8 Å². The van der Waals surface area contributed by atoms with Crippen molar-refractivity contribution in [1.29, 1.82) is 10.8 Å². The van der Waals surface area contributed by atoms with Crippen molar-refractivity contribution in [1.82, 2.24) is 0 Å². The molecule has 0 aliphatic heterocycles. The molecule has 0 fully saturated rings. The van der Waals surface area contributed by atoms with Crippen molar-refractivity contribution in [2.45, 2.75) is 27.7 Å². The lowest BCUT2D eigenvalue weighted by Crippen LogP contribution is -2.05. The molecular formula is C10H18N2. The molecule has 0 aromatic heterocycles. The van der Waals surface area contributed by atoms with Gasteiger partial charge in [0.25, 0.3) is 0 Å². The first-order valence-corrected chi connectivity index (χ1v) is 4.30. The van der Waals surface area contributed by atoms with Gasteiger partial charge in [-0.25, -0.2) is 0 Å². The molecule has 0 aliphatic carbocycles. The highest BCUT2D eigenvalue weighted by Crippen LogP contribution is 1.99. The molecule has 0 saturated heterocycles. The van der Waals surface area contributed by atoms with Crippen LogP contribution < -0.4 is 0 Å². The van der Waals surface area contributed by atoms with Crippen LogP contribution >= 0.6 is 0 Å². The third kappa shape index (κ3) is 4.06. The highest BCUT2D eigenvalue weighted by atomic mass is 14.4. The Balaban J connectivity index is 4.08. The van der Waals surface area contributed by atoms with E-state index in [1.807, 2.05) is 27.7 Å². The molecule has 0 spiro atoms. The average molecular weight is 166 g/mol. The van der Waals surface area contributed by atoms with Crippen molar-refractivity contribution in [2.75, 3.05) is 0 Å². The summed E-state index contributed by atoms with van der Waals surface area (Å²) in [6.45, 7) is 7.91. The number of allylic oxidation sites excluding steroid dienone is 2. The predicted molar refractivity (Wildman–Crippen MR) is 54.3 cm³/mol. The molecule has 0 bridgehead atoms. The lowest BCUT2D eigenvalue weighted by Gasteiger charge is -2.03. The summed E-state index contributed by atoms with van der Waals surface area (Å²) in [6, 6.07) is 0. The van der Waals surface area contributed by atoms with E-state index in [1.165, 1.54) is 0 Å². The Bertz CT molecular complexity index is 178. The molecule has 2 N–H and O–H groups in total. The largest absolute Gasteiger partial charge is 0.305 e. The van der Waals surface area contributed by atoms with Gasteiger partial charge in [-0.2, -0.15) is 0 Å². The third-order valence-electron chi connectivity index (χ3n) is 1.69. The highest BCUT2D eigenvalue weighted by Gasteiger charge is 2.00. The molecule has 0 heterocycles. The van der Waals surface area contributed by atoms with Crippen LogP contribution in [0.2, 0.25) is 0 Å². The zero-order chi connectivity index (χ0) is 9.72. The number of nitrogens with one attached hydrogen (secondary N) is 2. The Morgan fingerprint density at radius 2 is 1.08 bits per heavy atom. The van der Waals surface area contributed by atoms with E-state index in [4.69, 9.17) is 10.8 Å². The van der Waals surface area contributed by atoms with Crippen molar-refractivity contribution < 1.29 is 0 Å². The first-order valence-electron chi connectivity index (χ1n) is 4.30. The standard InChI is InChI=1S/C10H18N2/c1-7(2)9(11)5-6-10(12)8(3)4/h5-8,11-12H,1-4H3/b6-5-,11-9?,12-10?. The molecule has 68 valence electrons. The van der Waals surface area contributed by atoms with E-state index in [0.717, 1.165) is 0 Å². The average Bonchev–Trinajstić information content (AvgIpc) is 1.98. The first-order chi connectivity index (χ1) is 5.45. The molecule has 2 heteroatoms. The maximum absolute atomic E-state index is 7.49. The smallest absolute Gasteiger partial charge is 0.0339 e. The van der Waals surface area contributed by atoms with Crippen molar-refractivity contribution in [2.24, 2.45) is 11.8 Å². The van der Waals surface area contributed by atoms with Gasteiger partial charge in [-0.1, -0.05) is 27.7 Å². The van der Waals surface area contributed by atoms with Gasteiger partial charge in [0.15, 0.2) is 0 Å². The van der Waals surface area contributed by atoms with E-state index in [0.29, 0.717) is 11.4 Å². The molecule has 0 aromatic carbocycles. The maximum Gasteiger partial charge on any atom is 0.0339 e. The molecule has 0 unspecified atom stereocenters. The molecule has 0 saturated carbocycles. The summed E-state index contributed by atoms with van der Waals surface area (Å²) in [5.41, 5.74) is 1.17. The normalized spacial score (nSPS) is 11.5. The Kier molecular flexibility index (Phi) is 4.49. The van der Waals surface area contributed by atoms with Crippen LogP contribution in [-0.2, 0) is 0 Å². The van der Waals surface area contributed by atoms with E-state index < -0.39 is 0 Å². The van der Waals surface area contributed by atoms with Gasteiger partial charge >= 0.3 is 0 Å². The predicted octanol–water partition coefficient (Wildman–Crippen LogP) is 2.89. The minimum Gasteiger partial charge on any atom is -0.305 e. The summed E-state index contributed by atoms with van der Waals surface area (Å²) >= 11 is 0. The lowest BCUT2D eigenvalue weighted by atomic mass is 10.0. The Morgan fingerprint density at radius 1 is 0.833 bits per heavy atom. The van der Waals surface area contributed by atoms with E-state index in [1.54, 1.807) is 12.2 Å². The molecule has 12 heavy (non-hydrogen) atoms. The zero-order valence-electron chi connectivity index (χ0n) is 8.31. The van der Waals surface area contributed by atoms with E-state index >= 15 is 0 Å². The summed E-state index contributed by atoms with van der Waals surface area (Å²) in [5, 5.41) is 15.0. The van der Waals surface area contributed by atoms with E-state index in [2.05, 4.69) is 0 Å². The number of rotatable bonds is 4. The second-order valence-corrected chi connectivity index (χ2v) is 3.55. The second kappa shape index (κ2) is 4.86. The minimum absolute atomic E-state index is 0.251. The number of hydrogen-bond acceptors (Lipinski definition) is 2. The van der Waals surface area contributed by atoms with Crippen LogP contribution in [0.25, 0.3) is 0 Å².